The van der Waals surface area contributed by atoms with Gasteiger partial charge in [-0.05, 0) is 26.0 Å². The average molecular weight is 381 g/mol. The highest BCUT2D eigenvalue weighted by Crippen LogP contribution is 2.33. The number of nitrogens with zero attached hydrogens (tertiary/aromatic N) is 3. The minimum atomic E-state index is -0.133. The van der Waals surface area contributed by atoms with Crippen LogP contribution in [-0.4, -0.2) is 40.0 Å². The van der Waals surface area contributed by atoms with E-state index in [9.17, 15) is 5.26 Å². The highest BCUT2D eigenvalue weighted by molar-refractivity contribution is 7.17. The summed E-state index contributed by atoms with van der Waals surface area (Å²) in [6, 6.07) is 7.80. The van der Waals surface area contributed by atoms with E-state index in [1.54, 1.807) is 12.3 Å². The number of aromatic amines is 1. The summed E-state index contributed by atoms with van der Waals surface area (Å²) in [6.45, 7) is 3.63. The lowest BCUT2D eigenvalue weighted by Gasteiger charge is -2.16. The molecule has 3 aromatic rings. The third kappa shape index (κ3) is 3.59. The molecule has 8 heteroatoms. The highest BCUT2D eigenvalue weighted by Gasteiger charge is 2.21. The van der Waals surface area contributed by atoms with Crippen LogP contribution in [0.2, 0.25) is 0 Å². The molecule has 0 bridgehead atoms. The van der Waals surface area contributed by atoms with Crippen molar-refractivity contribution in [1.29, 1.82) is 5.26 Å². The van der Waals surface area contributed by atoms with Gasteiger partial charge >= 0.3 is 0 Å². The maximum atomic E-state index is 9.29. The van der Waals surface area contributed by atoms with Crippen molar-refractivity contribution in [3.05, 3.63) is 36.2 Å². The minimum Gasteiger partial charge on any atom is -0.469 e. The van der Waals surface area contributed by atoms with E-state index in [-0.39, 0.29) is 11.9 Å². The van der Waals surface area contributed by atoms with Crippen molar-refractivity contribution < 1.29 is 9.47 Å². The number of benzene rings is 1. The van der Waals surface area contributed by atoms with Crippen LogP contribution in [0.15, 0.2) is 30.6 Å². The van der Waals surface area contributed by atoms with E-state index in [1.165, 1.54) is 0 Å². The van der Waals surface area contributed by atoms with Gasteiger partial charge in [0.25, 0.3) is 11.8 Å². The molecule has 2 aromatic heterocycles. The Hall–Kier alpha value is -2.68. The van der Waals surface area contributed by atoms with Gasteiger partial charge in [0.2, 0.25) is 0 Å². The number of nitrogens with one attached hydrogen (secondary N) is 2. The molecular weight excluding hydrogens is 361 g/mol. The van der Waals surface area contributed by atoms with Crippen molar-refractivity contribution in [3.8, 4) is 29.1 Å². The van der Waals surface area contributed by atoms with Gasteiger partial charge in [-0.2, -0.15) is 5.26 Å². The smallest absolute Gasteiger partial charge is 0.279 e. The Kier molecular flexibility index (Phi) is 4.93. The molecule has 1 fully saturated rings. The maximum Gasteiger partial charge on any atom is 0.279 e. The fraction of sp³-hybridized carbons (Fsp3) is 0.316. The topological polar surface area (TPSA) is 95.9 Å². The number of para-hydroxylation sites is 1. The Morgan fingerprint density at radius 1 is 1.37 bits per heavy atom. The molecule has 0 aliphatic carbocycles. The minimum absolute atomic E-state index is 0.0681. The van der Waals surface area contributed by atoms with Crippen molar-refractivity contribution >= 4 is 20.1 Å². The van der Waals surface area contributed by atoms with Crippen LogP contribution >= 0.6 is 9.24 Å². The van der Waals surface area contributed by atoms with Crippen LogP contribution in [0.25, 0.3) is 22.2 Å². The molecule has 1 aromatic carbocycles. The fourth-order valence-electron chi connectivity index (χ4n) is 3.17. The van der Waals surface area contributed by atoms with Crippen LogP contribution in [0.5, 0.6) is 11.8 Å². The third-order valence-corrected chi connectivity index (χ3v) is 4.55. The zero-order chi connectivity index (χ0) is 18.8. The number of fused-ring (bicyclic) bond motifs is 1. The van der Waals surface area contributed by atoms with Crippen LogP contribution in [0.3, 0.4) is 0 Å². The Morgan fingerprint density at radius 2 is 2.26 bits per heavy atom. The van der Waals surface area contributed by atoms with E-state index >= 15 is 0 Å². The van der Waals surface area contributed by atoms with Gasteiger partial charge in [-0.15, -0.1) is 0 Å². The first-order valence-corrected chi connectivity index (χ1v) is 9.49. The molecule has 1 saturated heterocycles. The zero-order valence-electron chi connectivity index (χ0n) is 14.9. The fourth-order valence-corrected chi connectivity index (χ4v) is 3.30. The average Bonchev–Trinajstić information content (AvgIpc) is 3.32. The molecule has 0 radical (unpaired) electrons. The molecular formula is C19H20N5O2P. The Morgan fingerprint density at radius 3 is 3.00 bits per heavy atom. The van der Waals surface area contributed by atoms with Gasteiger partial charge in [0, 0.05) is 23.7 Å². The van der Waals surface area contributed by atoms with E-state index < -0.39 is 0 Å². The molecule has 0 amide bonds. The Bertz CT molecular complexity index is 1000. The molecule has 138 valence electrons. The van der Waals surface area contributed by atoms with Gasteiger partial charge in [0.1, 0.15) is 18.0 Å². The lowest BCUT2D eigenvalue weighted by Crippen LogP contribution is -2.21. The summed E-state index contributed by atoms with van der Waals surface area (Å²) in [5.41, 5.74) is 2.91. The molecule has 0 saturated carbocycles. The zero-order valence-corrected chi connectivity index (χ0v) is 16.1. The van der Waals surface area contributed by atoms with Gasteiger partial charge in [-0.25, -0.2) is 9.97 Å². The predicted octanol–water partition coefficient (Wildman–Crippen LogP) is 2.84. The number of ether oxygens (including phenoxy) is 2. The molecule has 27 heavy (non-hydrogen) atoms. The van der Waals surface area contributed by atoms with Crippen LogP contribution < -0.4 is 14.8 Å². The monoisotopic (exact) mass is 381 g/mol. The standard InChI is InChI=1S/C19H20N5O2P/c1-11(27)25-19-18(26-13-5-6-21-8-13)23-10-16(24-19)15-9-22-17-12(7-20)3-2-4-14(15)17/h2-4,9-11,13,21-22H,5-6,8,27H2,1H3. The van der Waals surface area contributed by atoms with Gasteiger partial charge in [0.15, 0.2) is 0 Å². The molecule has 3 heterocycles. The number of aromatic nitrogens is 3. The maximum absolute atomic E-state index is 9.29. The van der Waals surface area contributed by atoms with Gasteiger partial charge < -0.3 is 19.8 Å². The largest absolute Gasteiger partial charge is 0.469 e. The number of hydrogen-bond donors (Lipinski definition) is 2. The summed E-state index contributed by atoms with van der Waals surface area (Å²) in [4.78, 5) is 12.3. The van der Waals surface area contributed by atoms with Gasteiger partial charge in [-0.3, -0.25) is 0 Å². The van der Waals surface area contributed by atoms with Gasteiger partial charge in [-0.1, -0.05) is 21.4 Å². The number of rotatable bonds is 5. The molecule has 0 spiro atoms. The molecule has 4 rings (SSSR count). The van der Waals surface area contributed by atoms with Crippen molar-refractivity contribution in [2.24, 2.45) is 0 Å². The van der Waals surface area contributed by atoms with Crippen LogP contribution in [-0.2, 0) is 0 Å². The highest BCUT2D eigenvalue weighted by atomic mass is 31.0. The number of nitriles is 1. The summed E-state index contributed by atoms with van der Waals surface area (Å²) in [5, 5.41) is 13.5. The van der Waals surface area contributed by atoms with Crippen LogP contribution in [0, 0.1) is 11.3 Å². The molecule has 7 nitrogen and oxygen atoms in total. The first kappa shape index (κ1) is 17.7. The molecule has 2 N–H and O–H groups in total. The van der Waals surface area contributed by atoms with Crippen molar-refractivity contribution in [2.75, 3.05) is 13.1 Å². The van der Waals surface area contributed by atoms with Gasteiger partial charge in [0.05, 0.1) is 23.0 Å². The van der Waals surface area contributed by atoms with Crippen molar-refractivity contribution in [2.45, 2.75) is 25.3 Å². The summed E-state index contributed by atoms with van der Waals surface area (Å²) in [7, 11) is 2.59. The first-order chi connectivity index (χ1) is 13.2. The van der Waals surface area contributed by atoms with E-state index in [0.717, 1.165) is 36.0 Å². The third-order valence-electron chi connectivity index (χ3n) is 4.41. The lowest BCUT2D eigenvalue weighted by molar-refractivity contribution is 0.191. The second-order valence-electron chi connectivity index (χ2n) is 6.46. The lowest BCUT2D eigenvalue weighted by atomic mass is 10.1. The molecule has 1 aliphatic rings. The summed E-state index contributed by atoms with van der Waals surface area (Å²) >= 11 is 0. The SMILES string of the molecule is CC(P)Oc1nc(-c2c[nH]c3c(C#N)cccc23)cnc1OC1CCNC1. The van der Waals surface area contributed by atoms with E-state index in [0.29, 0.717) is 23.0 Å². The first-order valence-electron chi connectivity index (χ1n) is 8.83. The predicted molar refractivity (Wildman–Crippen MR) is 106 cm³/mol. The van der Waals surface area contributed by atoms with Crippen LogP contribution in [0.4, 0.5) is 0 Å². The number of H-pyrrole nitrogens is 1. The molecule has 3 unspecified atom stereocenters. The van der Waals surface area contributed by atoms with Crippen LogP contribution in [0.1, 0.15) is 18.9 Å². The molecule has 3 atom stereocenters. The van der Waals surface area contributed by atoms with E-state index in [4.69, 9.17) is 9.47 Å². The van der Waals surface area contributed by atoms with Crippen molar-refractivity contribution in [3.63, 3.8) is 0 Å². The van der Waals surface area contributed by atoms with E-state index in [1.807, 2.05) is 25.3 Å². The van der Waals surface area contributed by atoms with E-state index in [2.05, 4.69) is 35.6 Å². The summed E-state index contributed by atoms with van der Waals surface area (Å²) in [6.07, 6.45) is 4.52. The normalized spacial score (nSPS) is 17.6. The van der Waals surface area contributed by atoms with Crippen molar-refractivity contribution in [1.82, 2.24) is 20.3 Å². The number of hydrogen-bond acceptors (Lipinski definition) is 6. The Balaban J connectivity index is 1.74. The second-order valence-corrected chi connectivity index (χ2v) is 7.40. The summed E-state index contributed by atoms with van der Waals surface area (Å²) < 4.78 is 11.8. The summed E-state index contributed by atoms with van der Waals surface area (Å²) in [5.74, 6) is 0.638. The molecule has 1 aliphatic heterocycles. The second kappa shape index (κ2) is 7.51. The Labute approximate surface area is 159 Å². The quantitative estimate of drug-likeness (QED) is 0.660.